The monoisotopic (exact) mass is 312 g/mol. The molecule has 0 fully saturated rings. The molecule has 0 saturated carbocycles. The Balaban J connectivity index is 2.04. The first-order valence-electron chi connectivity index (χ1n) is 7.44. The van der Waals surface area contributed by atoms with E-state index in [0.29, 0.717) is 29.5 Å². The summed E-state index contributed by atoms with van der Waals surface area (Å²) in [6.45, 7) is 6.18. The number of nitrogens with zero attached hydrogens (tertiary/aromatic N) is 2. The summed E-state index contributed by atoms with van der Waals surface area (Å²) in [7, 11) is 0. The number of Topliss-reactive ketones (excluding diaryl/α,β-unsaturated/α-hetero) is 1. The lowest BCUT2D eigenvalue weighted by molar-refractivity contribution is 0.0947. The summed E-state index contributed by atoms with van der Waals surface area (Å²) < 4.78 is 0. The smallest absolute Gasteiger partial charge is 0.254 e. The standard InChI is InChI=1S/C17H20N4O2/c1-11(2)8-18-16(23)14-9-19-17(20-10-14)21-15-6-4-5-13(7-15)12(3)22/h4-7,9-11H,8H2,1-3H3,(H,18,23)(H,19,20,21). The summed E-state index contributed by atoms with van der Waals surface area (Å²) >= 11 is 0. The zero-order valence-corrected chi connectivity index (χ0v) is 13.5. The van der Waals surface area contributed by atoms with Gasteiger partial charge in [0.05, 0.1) is 5.56 Å². The highest BCUT2D eigenvalue weighted by Crippen LogP contribution is 2.15. The Kier molecular flexibility index (Phi) is 5.41. The van der Waals surface area contributed by atoms with Crippen LogP contribution in [0.5, 0.6) is 0 Å². The summed E-state index contributed by atoms with van der Waals surface area (Å²) in [5, 5.41) is 5.82. The molecule has 0 aliphatic heterocycles. The first kappa shape index (κ1) is 16.6. The first-order valence-corrected chi connectivity index (χ1v) is 7.44. The van der Waals surface area contributed by atoms with Crippen molar-refractivity contribution in [2.24, 2.45) is 5.92 Å². The van der Waals surface area contributed by atoms with Crippen molar-refractivity contribution in [3.8, 4) is 0 Å². The number of rotatable bonds is 6. The molecule has 0 unspecified atom stereocenters. The minimum Gasteiger partial charge on any atom is -0.352 e. The van der Waals surface area contributed by atoms with Crippen molar-refractivity contribution < 1.29 is 9.59 Å². The van der Waals surface area contributed by atoms with E-state index in [2.05, 4.69) is 20.6 Å². The molecule has 1 aromatic carbocycles. The molecular weight excluding hydrogens is 292 g/mol. The molecule has 1 aromatic heterocycles. The van der Waals surface area contributed by atoms with Gasteiger partial charge < -0.3 is 10.6 Å². The Morgan fingerprint density at radius 3 is 2.43 bits per heavy atom. The quantitative estimate of drug-likeness (QED) is 0.801. The van der Waals surface area contributed by atoms with Gasteiger partial charge in [-0.1, -0.05) is 26.0 Å². The highest BCUT2D eigenvalue weighted by molar-refractivity contribution is 5.95. The normalized spacial score (nSPS) is 10.4. The van der Waals surface area contributed by atoms with E-state index in [1.54, 1.807) is 18.2 Å². The van der Waals surface area contributed by atoms with E-state index in [4.69, 9.17) is 0 Å². The van der Waals surface area contributed by atoms with Crippen LogP contribution in [0.2, 0.25) is 0 Å². The average molecular weight is 312 g/mol. The van der Waals surface area contributed by atoms with Gasteiger partial charge >= 0.3 is 0 Å². The average Bonchev–Trinajstić information content (AvgIpc) is 2.53. The summed E-state index contributed by atoms with van der Waals surface area (Å²) in [5.41, 5.74) is 1.74. The van der Waals surface area contributed by atoms with Crippen LogP contribution >= 0.6 is 0 Å². The third kappa shape index (κ3) is 4.88. The van der Waals surface area contributed by atoms with E-state index in [9.17, 15) is 9.59 Å². The SMILES string of the molecule is CC(=O)c1cccc(Nc2ncc(C(=O)NCC(C)C)cn2)c1. The van der Waals surface area contributed by atoms with Gasteiger partial charge in [0.15, 0.2) is 5.78 Å². The molecule has 2 N–H and O–H groups in total. The van der Waals surface area contributed by atoms with Gasteiger partial charge in [0.2, 0.25) is 5.95 Å². The molecule has 23 heavy (non-hydrogen) atoms. The molecular formula is C17H20N4O2. The fraction of sp³-hybridized carbons (Fsp3) is 0.294. The van der Waals surface area contributed by atoms with Crippen LogP contribution in [0, 0.1) is 5.92 Å². The third-order valence-electron chi connectivity index (χ3n) is 3.11. The van der Waals surface area contributed by atoms with Gasteiger partial charge in [-0.05, 0) is 25.0 Å². The molecule has 0 aliphatic rings. The van der Waals surface area contributed by atoms with Crippen LogP contribution in [-0.2, 0) is 0 Å². The van der Waals surface area contributed by atoms with Gasteiger partial charge in [0.1, 0.15) is 0 Å². The van der Waals surface area contributed by atoms with E-state index in [-0.39, 0.29) is 11.7 Å². The number of hydrogen-bond acceptors (Lipinski definition) is 5. The Hall–Kier alpha value is -2.76. The molecule has 1 heterocycles. The van der Waals surface area contributed by atoms with E-state index >= 15 is 0 Å². The maximum absolute atomic E-state index is 11.9. The van der Waals surface area contributed by atoms with Gasteiger partial charge in [-0.3, -0.25) is 9.59 Å². The maximum atomic E-state index is 11.9. The van der Waals surface area contributed by atoms with Gasteiger partial charge in [0, 0.05) is 30.2 Å². The molecule has 2 aromatic rings. The molecule has 0 saturated heterocycles. The van der Waals surface area contributed by atoms with E-state index < -0.39 is 0 Å². The number of carbonyl (C=O) groups is 2. The Bertz CT molecular complexity index is 696. The summed E-state index contributed by atoms with van der Waals surface area (Å²) in [5.74, 6) is 0.552. The number of aromatic nitrogens is 2. The second kappa shape index (κ2) is 7.49. The lowest BCUT2D eigenvalue weighted by atomic mass is 10.1. The van der Waals surface area contributed by atoms with Crippen molar-refractivity contribution in [1.29, 1.82) is 0 Å². The lowest BCUT2D eigenvalue weighted by Crippen LogP contribution is -2.27. The van der Waals surface area contributed by atoms with Crippen LogP contribution in [-0.4, -0.2) is 28.2 Å². The van der Waals surface area contributed by atoms with Crippen LogP contribution < -0.4 is 10.6 Å². The number of nitrogens with one attached hydrogen (secondary N) is 2. The topological polar surface area (TPSA) is 84.0 Å². The molecule has 0 atom stereocenters. The van der Waals surface area contributed by atoms with Gasteiger partial charge in [-0.25, -0.2) is 9.97 Å². The molecule has 6 heteroatoms. The summed E-state index contributed by atoms with van der Waals surface area (Å²) in [6.07, 6.45) is 2.94. The molecule has 1 amide bonds. The van der Waals surface area contributed by atoms with Crippen molar-refractivity contribution in [3.05, 3.63) is 47.8 Å². The van der Waals surface area contributed by atoms with Gasteiger partial charge in [-0.15, -0.1) is 0 Å². The Morgan fingerprint density at radius 1 is 1.13 bits per heavy atom. The first-order chi connectivity index (χ1) is 11.0. The third-order valence-corrected chi connectivity index (χ3v) is 3.11. The van der Waals surface area contributed by atoms with Crippen molar-refractivity contribution in [3.63, 3.8) is 0 Å². The highest BCUT2D eigenvalue weighted by atomic mass is 16.1. The summed E-state index contributed by atoms with van der Waals surface area (Å²) in [4.78, 5) is 31.5. The number of ketones is 1. The predicted molar refractivity (Wildman–Crippen MR) is 88.9 cm³/mol. The number of hydrogen-bond donors (Lipinski definition) is 2. The van der Waals surface area contributed by atoms with Crippen LogP contribution in [0.1, 0.15) is 41.5 Å². The zero-order valence-electron chi connectivity index (χ0n) is 13.5. The maximum Gasteiger partial charge on any atom is 0.254 e. The minimum atomic E-state index is -0.191. The number of anilines is 2. The molecule has 120 valence electrons. The Morgan fingerprint density at radius 2 is 1.83 bits per heavy atom. The minimum absolute atomic E-state index is 0.00765. The van der Waals surface area contributed by atoms with Crippen LogP contribution in [0.25, 0.3) is 0 Å². The second-order valence-electron chi connectivity index (χ2n) is 5.66. The van der Waals surface area contributed by atoms with Crippen LogP contribution in [0.15, 0.2) is 36.7 Å². The molecule has 0 radical (unpaired) electrons. The van der Waals surface area contributed by atoms with Gasteiger partial charge in [-0.2, -0.15) is 0 Å². The number of benzene rings is 1. The van der Waals surface area contributed by atoms with Crippen molar-refractivity contribution in [2.45, 2.75) is 20.8 Å². The molecule has 0 aliphatic carbocycles. The van der Waals surface area contributed by atoms with Crippen molar-refractivity contribution in [1.82, 2.24) is 15.3 Å². The van der Waals surface area contributed by atoms with E-state index in [1.165, 1.54) is 19.3 Å². The number of amides is 1. The largest absolute Gasteiger partial charge is 0.352 e. The van der Waals surface area contributed by atoms with E-state index in [1.807, 2.05) is 19.9 Å². The fourth-order valence-corrected chi connectivity index (χ4v) is 1.85. The second-order valence-corrected chi connectivity index (χ2v) is 5.66. The summed E-state index contributed by atoms with van der Waals surface area (Å²) in [6, 6.07) is 7.08. The van der Waals surface area contributed by atoms with E-state index in [0.717, 1.165) is 5.69 Å². The molecule has 6 nitrogen and oxygen atoms in total. The lowest BCUT2D eigenvalue weighted by Gasteiger charge is -2.08. The zero-order chi connectivity index (χ0) is 16.8. The number of carbonyl (C=O) groups excluding carboxylic acids is 2. The van der Waals surface area contributed by atoms with Crippen LogP contribution in [0.4, 0.5) is 11.6 Å². The predicted octanol–water partition coefficient (Wildman–Crippen LogP) is 2.81. The van der Waals surface area contributed by atoms with Gasteiger partial charge in [0.25, 0.3) is 5.91 Å². The van der Waals surface area contributed by atoms with Crippen LogP contribution in [0.3, 0.4) is 0 Å². The fourth-order valence-electron chi connectivity index (χ4n) is 1.85. The van der Waals surface area contributed by atoms with Crippen molar-refractivity contribution >= 4 is 23.3 Å². The molecule has 0 spiro atoms. The van der Waals surface area contributed by atoms with Crippen molar-refractivity contribution in [2.75, 3.05) is 11.9 Å². The molecule has 0 bridgehead atoms. The highest BCUT2D eigenvalue weighted by Gasteiger charge is 2.08. The molecule has 2 rings (SSSR count). The Labute approximate surface area is 135 Å².